The Balaban J connectivity index is 3.13. The van der Waals surface area contributed by atoms with Gasteiger partial charge in [-0.05, 0) is 13.8 Å². The summed E-state index contributed by atoms with van der Waals surface area (Å²) in [6.07, 6.45) is 0.523. The summed E-state index contributed by atoms with van der Waals surface area (Å²) in [5.41, 5.74) is 7.01. The lowest BCUT2D eigenvalue weighted by molar-refractivity contribution is -0.105. The van der Waals surface area contributed by atoms with Crippen LogP contribution in [0.5, 0.6) is 0 Å². The zero-order valence-corrected chi connectivity index (χ0v) is 6.96. The third-order valence-electron chi connectivity index (χ3n) is 1.53. The third kappa shape index (κ3) is 1.50. The van der Waals surface area contributed by atoms with Gasteiger partial charge in [-0.2, -0.15) is 0 Å². The molecule has 1 rings (SSSR count). The van der Waals surface area contributed by atoms with Crippen LogP contribution in [0.15, 0.2) is 0 Å². The summed E-state index contributed by atoms with van der Waals surface area (Å²) in [6, 6.07) is 0. The summed E-state index contributed by atoms with van der Waals surface area (Å²) in [5, 5.41) is 2.36. The first kappa shape index (κ1) is 8.45. The highest BCUT2D eigenvalue weighted by atomic mass is 16.1. The van der Waals surface area contributed by atoms with E-state index in [-0.39, 0.29) is 5.82 Å². The average Bonchev–Trinajstić information content (AvgIpc) is 2.01. The smallest absolute Gasteiger partial charge is 0.212 e. The van der Waals surface area contributed by atoms with Gasteiger partial charge in [0.25, 0.3) is 0 Å². The summed E-state index contributed by atoms with van der Waals surface area (Å²) in [4.78, 5) is 18.1. The van der Waals surface area contributed by atoms with E-state index in [1.165, 1.54) is 0 Å². The van der Waals surface area contributed by atoms with Crippen molar-refractivity contribution in [3.63, 3.8) is 0 Å². The van der Waals surface area contributed by atoms with Crippen LogP contribution in [0, 0.1) is 13.8 Å². The van der Waals surface area contributed by atoms with Crippen LogP contribution >= 0.6 is 0 Å². The topological polar surface area (TPSA) is 80.9 Å². The van der Waals surface area contributed by atoms with Crippen molar-refractivity contribution in [2.75, 3.05) is 11.1 Å². The molecule has 0 aromatic carbocycles. The van der Waals surface area contributed by atoms with Crippen LogP contribution in [0.1, 0.15) is 11.4 Å². The number of aryl methyl sites for hydroxylation is 2. The maximum Gasteiger partial charge on any atom is 0.212 e. The molecule has 5 heteroatoms. The average molecular weight is 166 g/mol. The molecule has 0 bridgehead atoms. The largest absolute Gasteiger partial charge is 0.381 e. The van der Waals surface area contributed by atoms with Gasteiger partial charge in [0.1, 0.15) is 0 Å². The molecule has 0 saturated carbocycles. The molecule has 0 aliphatic heterocycles. The van der Waals surface area contributed by atoms with Gasteiger partial charge in [0, 0.05) is 0 Å². The number of hydrogen-bond acceptors (Lipinski definition) is 4. The molecular formula is C7H10N4O. The minimum Gasteiger partial charge on any atom is -0.381 e. The first-order chi connectivity index (χ1) is 5.65. The predicted molar refractivity (Wildman–Crippen MR) is 45.6 cm³/mol. The van der Waals surface area contributed by atoms with Crippen LogP contribution in [0.4, 0.5) is 11.6 Å². The van der Waals surface area contributed by atoms with Gasteiger partial charge in [-0.1, -0.05) is 0 Å². The van der Waals surface area contributed by atoms with E-state index in [9.17, 15) is 4.79 Å². The van der Waals surface area contributed by atoms with E-state index in [0.717, 1.165) is 11.4 Å². The number of nitrogen functional groups attached to an aromatic ring is 1. The fourth-order valence-electron chi connectivity index (χ4n) is 0.782. The fourth-order valence-corrected chi connectivity index (χ4v) is 0.782. The maximum absolute atomic E-state index is 10.1. The predicted octanol–water partition coefficient (Wildman–Crippen LogP) is 0.244. The number of nitrogens with zero attached hydrogens (tertiary/aromatic N) is 2. The van der Waals surface area contributed by atoms with Crippen LogP contribution in [-0.2, 0) is 4.79 Å². The number of nitrogens with two attached hydrogens (primary N) is 1. The second kappa shape index (κ2) is 3.17. The molecule has 1 heterocycles. The van der Waals surface area contributed by atoms with E-state index in [0.29, 0.717) is 12.2 Å². The monoisotopic (exact) mass is 166 g/mol. The Labute approximate surface area is 70.0 Å². The van der Waals surface area contributed by atoms with Gasteiger partial charge in [-0.15, -0.1) is 0 Å². The van der Waals surface area contributed by atoms with E-state index < -0.39 is 0 Å². The molecule has 0 radical (unpaired) electrons. The lowest BCUT2D eigenvalue weighted by Gasteiger charge is -2.04. The molecular weight excluding hydrogens is 156 g/mol. The summed E-state index contributed by atoms with van der Waals surface area (Å²) in [5.74, 6) is 0.554. The molecule has 12 heavy (non-hydrogen) atoms. The molecule has 1 aromatic rings. The first-order valence-electron chi connectivity index (χ1n) is 3.46. The highest BCUT2D eigenvalue weighted by Gasteiger charge is 2.03. The SMILES string of the molecule is Cc1nc(N)c(NC=O)nc1C. The first-order valence-corrected chi connectivity index (χ1v) is 3.46. The number of anilines is 2. The van der Waals surface area contributed by atoms with Gasteiger partial charge in [0.15, 0.2) is 11.6 Å². The second-order valence-electron chi connectivity index (χ2n) is 2.39. The third-order valence-corrected chi connectivity index (χ3v) is 1.53. The number of carbonyl (C=O) groups is 1. The Morgan fingerprint density at radius 1 is 1.33 bits per heavy atom. The molecule has 64 valence electrons. The van der Waals surface area contributed by atoms with Crippen LogP contribution < -0.4 is 11.1 Å². The van der Waals surface area contributed by atoms with E-state index in [1.807, 2.05) is 6.92 Å². The van der Waals surface area contributed by atoms with Crippen molar-refractivity contribution in [1.29, 1.82) is 0 Å². The molecule has 0 saturated heterocycles. The second-order valence-corrected chi connectivity index (χ2v) is 2.39. The van der Waals surface area contributed by atoms with Crippen molar-refractivity contribution < 1.29 is 4.79 Å². The molecule has 0 unspecified atom stereocenters. The van der Waals surface area contributed by atoms with Crippen LogP contribution in [0.25, 0.3) is 0 Å². The highest BCUT2D eigenvalue weighted by molar-refractivity contribution is 5.74. The molecule has 0 aliphatic rings. The number of nitrogens with one attached hydrogen (secondary N) is 1. The van der Waals surface area contributed by atoms with Crippen LogP contribution in [-0.4, -0.2) is 16.4 Å². The lowest BCUT2D eigenvalue weighted by atomic mass is 10.3. The number of amides is 1. The summed E-state index contributed by atoms with van der Waals surface area (Å²) in [6.45, 7) is 3.61. The fraction of sp³-hybridized carbons (Fsp3) is 0.286. The van der Waals surface area contributed by atoms with Crippen molar-refractivity contribution in [2.45, 2.75) is 13.8 Å². The Bertz CT molecular complexity index is 311. The molecule has 0 atom stereocenters. The summed E-state index contributed by atoms with van der Waals surface area (Å²) < 4.78 is 0. The van der Waals surface area contributed by atoms with Crippen molar-refractivity contribution >= 4 is 18.0 Å². The van der Waals surface area contributed by atoms with Gasteiger partial charge in [-0.25, -0.2) is 9.97 Å². The van der Waals surface area contributed by atoms with Crippen molar-refractivity contribution in [1.82, 2.24) is 9.97 Å². The van der Waals surface area contributed by atoms with Gasteiger partial charge >= 0.3 is 0 Å². The molecule has 0 spiro atoms. The van der Waals surface area contributed by atoms with E-state index in [2.05, 4.69) is 15.3 Å². The maximum atomic E-state index is 10.1. The number of carbonyl (C=O) groups excluding carboxylic acids is 1. The Morgan fingerprint density at radius 2 is 1.92 bits per heavy atom. The number of aromatic nitrogens is 2. The van der Waals surface area contributed by atoms with Crippen molar-refractivity contribution in [2.24, 2.45) is 0 Å². The summed E-state index contributed by atoms with van der Waals surface area (Å²) >= 11 is 0. The Morgan fingerprint density at radius 3 is 2.50 bits per heavy atom. The van der Waals surface area contributed by atoms with E-state index in [4.69, 9.17) is 5.73 Å². The molecule has 3 N–H and O–H groups in total. The van der Waals surface area contributed by atoms with Gasteiger partial charge in [0.2, 0.25) is 6.41 Å². The van der Waals surface area contributed by atoms with Gasteiger partial charge < -0.3 is 11.1 Å². The Hall–Kier alpha value is -1.65. The zero-order valence-electron chi connectivity index (χ0n) is 6.96. The van der Waals surface area contributed by atoms with Gasteiger partial charge in [0.05, 0.1) is 11.4 Å². The number of hydrogen-bond donors (Lipinski definition) is 2. The molecule has 0 aliphatic carbocycles. The lowest BCUT2D eigenvalue weighted by Crippen LogP contribution is -2.06. The van der Waals surface area contributed by atoms with Crippen LogP contribution in [0.3, 0.4) is 0 Å². The van der Waals surface area contributed by atoms with Crippen molar-refractivity contribution in [3.05, 3.63) is 11.4 Å². The van der Waals surface area contributed by atoms with Crippen LogP contribution in [0.2, 0.25) is 0 Å². The van der Waals surface area contributed by atoms with E-state index in [1.54, 1.807) is 6.92 Å². The zero-order chi connectivity index (χ0) is 9.14. The standard InChI is InChI=1S/C7H10N4O/c1-4-5(2)11-7(9-3-12)6(8)10-4/h3H,1-2H3,(H2,8,10)(H,9,11,12). The van der Waals surface area contributed by atoms with Gasteiger partial charge in [-0.3, -0.25) is 4.79 Å². The minimum atomic E-state index is 0.241. The summed E-state index contributed by atoms with van der Waals surface area (Å²) in [7, 11) is 0. The minimum absolute atomic E-state index is 0.241. The van der Waals surface area contributed by atoms with Crippen molar-refractivity contribution in [3.8, 4) is 0 Å². The highest BCUT2D eigenvalue weighted by Crippen LogP contribution is 2.13. The normalized spacial score (nSPS) is 9.50. The quantitative estimate of drug-likeness (QED) is 0.617. The Kier molecular flexibility index (Phi) is 2.23. The molecule has 0 fully saturated rings. The van der Waals surface area contributed by atoms with E-state index >= 15 is 0 Å². The number of rotatable bonds is 2. The molecule has 1 amide bonds. The molecule has 1 aromatic heterocycles. The molecule has 5 nitrogen and oxygen atoms in total.